The Labute approximate surface area is 159 Å². The molecular weight excluding hydrogens is 368 g/mol. The average molecular weight is 393 g/mol. The van der Waals surface area contributed by atoms with Gasteiger partial charge in [-0.05, 0) is 48.4 Å². The van der Waals surface area contributed by atoms with E-state index in [1.807, 2.05) is 41.5 Å². The van der Waals surface area contributed by atoms with Crippen LogP contribution in [0.25, 0.3) is 0 Å². The minimum absolute atomic E-state index is 0.115. The predicted molar refractivity (Wildman–Crippen MR) is 104 cm³/mol. The second-order valence-corrected chi connectivity index (χ2v) is 9.28. The van der Waals surface area contributed by atoms with Crippen LogP contribution in [0.3, 0.4) is 0 Å². The molecule has 26 heavy (non-hydrogen) atoms. The van der Waals surface area contributed by atoms with Crippen molar-refractivity contribution in [1.29, 1.82) is 0 Å². The summed E-state index contributed by atoms with van der Waals surface area (Å²) < 4.78 is 27.9. The van der Waals surface area contributed by atoms with E-state index in [0.717, 1.165) is 16.9 Å². The topological polar surface area (TPSA) is 66.5 Å². The van der Waals surface area contributed by atoms with E-state index in [2.05, 4.69) is 4.72 Å². The highest BCUT2D eigenvalue weighted by molar-refractivity contribution is 7.89. The van der Waals surface area contributed by atoms with Crippen LogP contribution >= 0.6 is 11.3 Å². The lowest BCUT2D eigenvalue weighted by atomic mass is 10.1. The molecule has 2 heterocycles. The van der Waals surface area contributed by atoms with Gasteiger partial charge in [0.2, 0.25) is 15.9 Å². The monoisotopic (exact) mass is 392 g/mol. The number of benzene rings is 1. The Balaban J connectivity index is 1.53. The average Bonchev–Trinajstić information content (AvgIpc) is 3.15. The summed E-state index contributed by atoms with van der Waals surface area (Å²) in [7, 11) is -3.52. The normalized spacial score (nSPS) is 16.0. The molecule has 0 aliphatic carbocycles. The molecular formula is C19H24N2O3S2. The van der Waals surface area contributed by atoms with E-state index < -0.39 is 10.0 Å². The molecule has 1 aromatic heterocycles. The highest BCUT2D eigenvalue weighted by Crippen LogP contribution is 2.18. The van der Waals surface area contributed by atoms with Gasteiger partial charge in [0.05, 0.1) is 11.3 Å². The van der Waals surface area contributed by atoms with Crippen molar-refractivity contribution >= 4 is 27.3 Å². The molecule has 0 unspecified atom stereocenters. The third kappa shape index (κ3) is 4.72. The molecule has 1 aromatic carbocycles. The van der Waals surface area contributed by atoms with Gasteiger partial charge in [-0.3, -0.25) is 4.79 Å². The highest BCUT2D eigenvalue weighted by atomic mass is 32.2. The number of thiophene rings is 1. The first-order chi connectivity index (χ1) is 12.5. The Morgan fingerprint density at radius 1 is 1.19 bits per heavy atom. The second kappa shape index (κ2) is 8.33. The first-order valence-corrected chi connectivity index (χ1v) is 11.3. The van der Waals surface area contributed by atoms with Crippen molar-refractivity contribution in [2.45, 2.75) is 43.5 Å². The predicted octanol–water partition coefficient (Wildman–Crippen LogP) is 2.82. The number of carbonyl (C=O) groups excluding carboxylic acids is 1. The maximum atomic E-state index is 12.5. The number of aryl methyl sites for hydroxylation is 1. The number of rotatable bonds is 6. The van der Waals surface area contributed by atoms with Crippen LogP contribution in [-0.2, 0) is 27.7 Å². The standard InChI is InChI=1S/C19H24N2O3S2/c1-2-15-5-7-18(8-6-15)26(23,24)20-16-9-11-21(12-10-16)19(22)14-17-4-3-13-25-17/h3-8,13,16,20H,2,9-12,14H2,1H3. The van der Waals surface area contributed by atoms with Crippen molar-refractivity contribution < 1.29 is 13.2 Å². The van der Waals surface area contributed by atoms with Gasteiger partial charge in [-0.1, -0.05) is 25.1 Å². The van der Waals surface area contributed by atoms with E-state index in [9.17, 15) is 13.2 Å². The zero-order valence-corrected chi connectivity index (χ0v) is 16.5. The third-order valence-corrected chi connectivity index (χ3v) is 7.13. The summed E-state index contributed by atoms with van der Waals surface area (Å²) >= 11 is 1.58. The molecule has 1 saturated heterocycles. The maximum Gasteiger partial charge on any atom is 0.240 e. The maximum absolute atomic E-state index is 12.5. The van der Waals surface area contributed by atoms with Crippen molar-refractivity contribution in [2.24, 2.45) is 0 Å². The van der Waals surface area contributed by atoms with E-state index in [1.54, 1.807) is 23.5 Å². The number of hydrogen-bond acceptors (Lipinski definition) is 4. The number of piperidine rings is 1. The molecule has 1 aliphatic rings. The Kier molecular flexibility index (Phi) is 6.11. The van der Waals surface area contributed by atoms with Gasteiger partial charge in [-0.15, -0.1) is 11.3 Å². The summed E-state index contributed by atoms with van der Waals surface area (Å²) in [5.74, 6) is 0.115. The fraction of sp³-hybridized carbons (Fsp3) is 0.421. The number of nitrogens with zero attached hydrogens (tertiary/aromatic N) is 1. The van der Waals surface area contributed by atoms with Gasteiger partial charge in [0.15, 0.2) is 0 Å². The summed E-state index contributed by atoms with van der Waals surface area (Å²) in [6.45, 7) is 3.22. The Morgan fingerprint density at radius 3 is 2.46 bits per heavy atom. The lowest BCUT2D eigenvalue weighted by Gasteiger charge is -2.32. The van der Waals surface area contributed by atoms with E-state index in [1.165, 1.54) is 0 Å². The fourth-order valence-electron chi connectivity index (χ4n) is 3.11. The second-order valence-electron chi connectivity index (χ2n) is 6.53. The zero-order valence-electron chi connectivity index (χ0n) is 14.8. The summed E-state index contributed by atoms with van der Waals surface area (Å²) in [5, 5.41) is 1.97. The number of amides is 1. The van der Waals surface area contributed by atoms with Gasteiger partial charge in [-0.2, -0.15) is 0 Å². The van der Waals surface area contributed by atoms with Crippen LogP contribution in [0, 0.1) is 0 Å². The molecule has 1 amide bonds. The van der Waals surface area contributed by atoms with Crippen LogP contribution in [-0.4, -0.2) is 38.4 Å². The lowest BCUT2D eigenvalue weighted by Crippen LogP contribution is -2.46. The Bertz CT molecular complexity index is 822. The van der Waals surface area contributed by atoms with Crippen molar-refractivity contribution in [3.8, 4) is 0 Å². The number of nitrogens with one attached hydrogen (secondary N) is 1. The first kappa shape index (κ1) is 19.1. The molecule has 0 radical (unpaired) electrons. The summed E-state index contributed by atoms with van der Waals surface area (Å²) in [6, 6.07) is 10.8. The summed E-state index contributed by atoms with van der Waals surface area (Å²) in [4.78, 5) is 15.5. The Morgan fingerprint density at radius 2 is 1.88 bits per heavy atom. The molecule has 0 saturated carbocycles. The molecule has 1 aliphatic heterocycles. The van der Waals surface area contributed by atoms with Crippen molar-refractivity contribution in [2.75, 3.05) is 13.1 Å². The molecule has 2 aromatic rings. The number of hydrogen-bond donors (Lipinski definition) is 1. The van der Waals surface area contributed by atoms with Gasteiger partial charge < -0.3 is 4.90 Å². The molecule has 7 heteroatoms. The smallest absolute Gasteiger partial charge is 0.240 e. The lowest BCUT2D eigenvalue weighted by molar-refractivity contribution is -0.131. The summed E-state index contributed by atoms with van der Waals surface area (Å²) in [6.07, 6.45) is 2.59. The number of sulfonamides is 1. The van der Waals surface area contributed by atoms with Crippen molar-refractivity contribution in [1.82, 2.24) is 9.62 Å². The van der Waals surface area contributed by atoms with Gasteiger partial charge in [-0.25, -0.2) is 13.1 Å². The molecule has 1 N–H and O–H groups in total. The Hall–Kier alpha value is -1.70. The van der Waals surface area contributed by atoms with Gasteiger partial charge in [0.1, 0.15) is 0 Å². The molecule has 140 valence electrons. The van der Waals surface area contributed by atoms with Gasteiger partial charge in [0, 0.05) is 24.0 Å². The third-order valence-electron chi connectivity index (χ3n) is 4.72. The minimum atomic E-state index is -3.52. The molecule has 0 spiro atoms. The van der Waals surface area contributed by atoms with Crippen LogP contribution in [0.15, 0.2) is 46.7 Å². The molecule has 1 fully saturated rings. The van der Waals surface area contributed by atoms with Crippen molar-refractivity contribution in [3.63, 3.8) is 0 Å². The quantitative estimate of drug-likeness (QED) is 0.822. The van der Waals surface area contributed by atoms with Crippen LogP contribution in [0.2, 0.25) is 0 Å². The largest absolute Gasteiger partial charge is 0.342 e. The molecule has 0 atom stereocenters. The molecule has 5 nitrogen and oxygen atoms in total. The van der Waals surface area contributed by atoms with E-state index >= 15 is 0 Å². The van der Waals surface area contributed by atoms with Crippen LogP contribution < -0.4 is 4.72 Å². The van der Waals surface area contributed by atoms with E-state index in [4.69, 9.17) is 0 Å². The van der Waals surface area contributed by atoms with Crippen molar-refractivity contribution in [3.05, 3.63) is 52.2 Å². The first-order valence-electron chi connectivity index (χ1n) is 8.89. The van der Waals surface area contributed by atoms with Gasteiger partial charge >= 0.3 is 0 Å². The zero-order chi connectivity index (χ0) is 18.6. The minimum Gasteiger partial charge on any atom is -0.342 e. The fourth-order valence-corrected chi connectivity index (χ4v) is 5.11. The SMILES string of the molecule is CCc1ccc(S(=O)(=O)NC2CCN(C(=O)Cc3cccs3)CC2)cc1. The highest BCUT2D eigenvalue weighted by Gasteiger charge is 2.26. The van der Waals surface area contributed by atoms with Crippen LogP contribution in [0.4, 0.5) is 0 Å². The van der Waals surface area contributed by atoms with Crippen LogP contribution in [0.5, 0.6) is 0 Å². The number of carbonyl (C=O) groups is 1. The van der Waals surface area contributed by atoms with Gasteiger partial charge in [0.25, 0.3) is 0 Å². The summed E-state index contributed by atoms with van der Waals surface area (Å²) in [5.41, 5.74) is 1.11. The molecule has 3 rings (SSSR count). The van der Waals surface area contributed by atoms with E-state index in [-0.39, 0.29) is 11.9 Å². The number of likely N-dealkylation sites (tertiary alicyclic amines) is 1. The van der Waals surface area contributed by atoms with Crippen LogP contribution in [0.1, 0.15) is 30.2 Å². The molecule has 0 bridgehead atoms. The van der Waals surface area contributed by atoms with E-state index in [0.29, 0.717) is 37.2 Å².